The van der Waals surface area contributed by atoms with Crippen molar-refractivity contribution in [1.29, 1.82) is 0 Å². The number of aliphatic imine (C=N–C) groups is 1. The van der Waals surface area contributed by atoms with Crippen molar-refractivity contribution in [2.75, 3.05) is 6.54 Å². The van der Waals surface area contributed by atoms with Crippen LogP contribution in [0.5, 0.6) is 0 Å². The highest BCUT2D eigenvalue weighted by molar-refractivity contribution is 6.38. The first-order valence-corrected chi connectivity index (χ1v) is 11.5. The normalized spacial score (nSPS) is 14.8. The smallest absolute Gasteiger partial charge is 0.353 e. The monoisotopic (exact) mass is 485 g/mol. The van der Waals surface area contributed by atoms with Gasteiger partial charge in [0.2, 0.25) is 0 Å². The van der Waals surface area contributed by atoms with Crippen molar-refractivity contribution < 1.29 is 34.1 Å². The first kappa shape index (κ1) is 31.5. The molecule has 0 fully saturated rings. The second-order valence-electron chi connectivity index (χ2n) is 11.4. The highest BCUT2D eigenvalue weighted by Crippen LogP contribution is 2.44. The van der Waals surface area contributed by atoms with E-state index in [9.17, 15) is 29.4 Å². The van der Waals surface area contributed by atoms with Gasteiger partial charge in [-0.2, -0.15) is 4.99 Å². The first-order valence-electron chi connectivity index (χ1n) is 11.5. The van der Waals surface area contributed by atoms with Crippen molar-refractivity contribution in [2.45, 2.75) is 111 Å². The molecule has 0 aromatic heterocycles. The average molecular weight is 486 g/mol. The number of hydrogen-bond donors (Lipinski definition) is 3. The van der Waals surface area contributed by atoms with E-state index in [-0.39, 0.29) is 18.6 Å². The van der Waals surface area contributed by atoms with Gasteiger partial charge in [0.1, 0.15) is 16.9 Å². The Balaban J connectivity index is 6.83. The van der Waals surface area contributed by atoms with Crippen LogP contribution in [0.2, 0.25) is 0 Å². The van der Waals surface area contributed by atoms with Gasteiger partial charge in [-0.15, -0.1) is 0 Å². The van der Waals surface area contributed by atoms with E-state index < -0.39 is 52.5 Å². The van der Waals surface area contributed by atoms with E-state index in [1.807, 2.05) is 0 Å². The van der Waals surface area contributed by atoms with Crippen molar-refractivity contribution >= 4 is 29.7 Å². The Kier molecular flexibility index (Phi) is 10.9. The fraction of sp³-hybridized carbons (Fsp3) is 0.792. The van der Waals surface area contributed by atoms with Crippen LogP contribution in [0.3, 0.4) is 0 Å². The molecule has 0 saturated heterocycles. The van der Waals surface area contributed by atoms with E-state index >= 15 is 0 Å². The molecule has 0 aromatic carbocycles. The number of urea groups is 1. The van der Waals surface area contributed by atoms with E-state index in [0.29, 0.717) is 19.4 Å². The Morgan fingerprint density at radius 1 is 0.882 bits per heavy atom. The number of carbonyl (C=O) groups excluding carboxylic acids is 2. The lowest BCUT2D eigenvalue weighted by Crippen LogP contribution is -2.68. The maximum Gasteiger partial charge on any atom is 0.353 e. The predicted molar refractivity (Wildman–Crippen MR) is 130 cm³/mol. The number of ether oxygens (including phenoxy) is 1. The van der Waals surface area contributed by atoms with Crippen molar-refractivity contribution in [3.05, 3.63) is 0 Å². The summed E-state index contributed by atoms with van der Waals surface area (Å²) < 4.78 is 5.41. The maximum absolute atomic E-state index is 13.6. The lowest BCUT2D eigenvalue weighted by Gasteiger charge is -2.53. The van der Waals surface area contributed by atoms with E-state index in [2.05, 4.69) is 4.99 Å². The van der Waals surface area contributed by atoms with Crippen LogP contribution >= 0.6 is 0 Å². The van der Waals surface area contributed by atoms with Gasteiger partial charge in [0.25, 0.3) is 0 Å². The highest BCUT2D eigenvalue weighted by atomic mass is 16.6. The van der Waals surface area contributed by atoms with E-state index in [0.717, 1.165) is 4.90 Å². The van der Waals surface area contributed by atoms with Gasteiger partial charge >= 0.3 is 23.9 Å². The van der Waals surface area contributed by atoms with E-state index in [1.165, 1.54) is 0 Å². The summed E-state index contributed by atoms with van der Waals surface area (Å²) >= 11 is 0. The lowest BCUT2D eigenvalue weighted by molar-refractivity contribution is -0.164. The summed E-state index contributed by atoms with van der Waals surface area (Å²) in [6, 6.07) is -0.941. The van der Waals surface area contributed by atoms with Gasteiger partial charge in [-0.05, 0) is 79.2 Å². The van der Waals surface area contributed by atoms with Crippen LogP contribution in [-0.4, -0.2) is 68.0 Å². The molecule has 0 saturated carbocycles. The zero-order valence-corrected chi connectivity index (χ0v) is 22.2. The molecule has 0 radical (unpaired) electrons. The van der Waals surface area contributed by atoms with Crippen molar-refractivity contribution in [3.63, 3.8) is 0 Å². The minimum atomic E-state index is -1.92. The third-order valence-electron chi connectivity index (χ3n) is 5.27. The molecule has 0 aliphatic heterocycles. The van der Waals surface area contributed by atoms with Crippen LogP contribution < -0.4 is 5.73 Å². The van der Waals surface area contributed by atoms with Crippen LogP contribution in [0.1, 0.15) is 94.4 Å². The van der Waals surface area contributed by atoms with Gasteiger partial charge in [0, 0.05) is 12.0 Å². The molecule has 0 bridgehead atoms. The molecule has 10 heteroatoms. The average Bonchev–Trinajstić information content (AvgIpc) is 2.60. The number of hydrogen-bond acceptors (Lipinski definition) is 6. The van der Waals surface area contributed by atoms with Crippen molar-refractivity contribution in [1.82, 2.24) is 4.90 Å². The maximum atomic E-state index is 13.6. The Bertz CT molecular complexity index is 786. The first-order chi connectivity index (χ1) is 15.2. The Hall–Kier alpha value is -2.49. The van der Waals surface area contributed by atoms with Gasteiger partial charge < -0.3 is 25.6 Å². The molecule has 34 heavy (non-hydrogen) atoms. The molecule has 2 amide bonds. The Labute approximate surface area is 202 Å². The molecule has 196 valence electrons. The van der Waals surface area contributed by atoms with Gasteiger partial charge in [-0.3, -0.25) is 4.79 Å². The van der Waals surface area contributed by atoms with Gasteiger partial charge in [0.05, 0.1) is 0 Å². The fourth-order valence-electron chi connectivity index (χ4n) is 3.80. The van der Waals surface area contributed by atoms with Crippen LogP contribution in [0.25, 0.3) is 0 Å². The summed E-state index contributed by atoms with van der Waals surface area (Å²) in [6.07, 6.45) is 0.399. The summed E-state index contributed by atoms with van der Waals surface area (Å²) in [5, 5.41) is 19.7. The summed E-state index contributed by atoms with van der Waals surface area (Å²) in [5.74, 6) is -3.30. The number of nitrogens with zero attached hydrogens (tertiary/aromatic N) is 2. The lowest BCUT2D eigenvalue weighted by atomic mass is 9.68. The molecule has 0 heterocycles. The molecular formula is C24H43N3O7. The molecule has 1 atom stereocenters. The topological polar surface area (TPSA) is 160 Å². The third-order valence-corrected chi connectivity index (χ3v) is 5.27. The van der Waals surface area contributed by atoms with E-state index in [1.54, 1.807) is 62.3 Å². The predicted octanol–water partition coefficient (Wildman–Crippen LogP) is 3.85. The molecule has 0 aliphatic rings. The highest BCUT2D eigenvalue weighted by Gasteiger charge is 2.58. The summed E-state index contributed by atoms with van der Waals surface area (Å²) in [5.41, 5.74) is 0.541. The van der Waals surface area contributed by atoms with Crippen LogP contribution in [0, 0.1) is 5.41 Å². The molecule has 4 N–H and O–H groups in total. The summed E-state index contributed by atoms with van der Waals surface area (Å²) in [6.45, 7) is 15.3. The zero-order chi connectivity index (χ0) is 27.1. The number of carboxylic acid groups (broad SMARTS) is 2. The standard InChI is InChI=1S/C24H43N3O7/c1-21(2,3)24(19(31)32,14-13-17(28)29)27(22(4,5)6)20(33)26-16(12-10-11-15-25)18(30)34-23(7,8)9/h10-15,25H2,1-9H3,(H,28,29)(H,31,32)/t24-/m0/s1. The van der Waals surface area contributed by atoms with Crippen LogP contribution in [-0.2, 0) is 19.1 Å². The fourth-order valence-corrected chi connectivity index (χ4v) is 3.80. The van der Waals surface area contributed by atoms with Crippen molar-refractivity contribution in [3.8, 4) is 0 Å². The van der Waals surface area contributed by atoms with E-state index in [4.69, 9.17) is 10.5 Å². The number of carbonyl (C=O) groups is 4. The molecular weight excluding hydrogens is 442 g/mol. The summed E-state index contributed by atoms with van der Waals surface area (Å²) in [4.78, 5) is 55.7. The molecule has 0 rings (SSSR count). The van der Waals surface area contributed by atoms with Crippen LogP contribution in [0.4, 0.5) is 4.79 Å². The summed E-state index contributed by atoms with van der Waals surface area (Å²) in [7, 11) is 0. The molecule has 10 nitrogen and oxygen atoms in total. The molecule has 0 aromatic rings. The number of rotatable bonds is 10. The number of unbranched alkanes of at least 4 members (excludes halogenated alkanes) is 1. The number of carboxylic acids is 2. The number of amides is 2. The van der Waals surface area contributed by atoms with Gasteiger partial charge in [-0.1, -0.05) is 20.8 Å². The minimum Gasteiger partial charge on any atom is -0.481 e. The zero-order valence-electron chi connectivity index (χ0n) is 22.2. The van der Waals surface area contributed by atoms with Gasteiger partial charge in [-0.25, -0.2) is 14.4 Å². The van der Waals surface area contributed by atoms with Gasteiger partial charge in [0.15, 0.2) is 0 Å². The van der Waals surface area contributed by atoms with Crippen molar-refractivity contribution in [2.24, 2.45) is 16.1 Å². The Morgan fingerprint density at radius 2 is 1.41 bits per heavy atom. The number of nitrogens with two attached hydrogens (primary N) is 1. The number of aliphatic carboxylic acids is 2. The minimum absolute atomic E-state index is 0.126. The second kappa shape index (κ2) is 11.8. The Morgan fingerprint density at radius 3 is 1.76 bits per heavy atom. The quantitative estimate of drug-likeness (QED) is 0.239. The van der Waals surface area contributed by atoms with Crippen LogP contribution in [0.15, 0.2) is 4.99 Å². The third kappa shape index (κ3) is 8.70. The largest absolute Gasteiger partial charge is 0.481 e. The molecule has 0 unspecified atom stereocenters. The SMILES string of the molecule is CC(C)(C)OC(=O)C(CCCCN)=NC(=O)N(C(C)(C)C)[C@@](CCC(=O)O)(C(=O)O)C(C)(C)C. The second-order valence-corrected chi connectivity index (χ2v) is 11.4. The molecule has 0 spiro atoms. The number of esters is 1. The molecule has 0 aliphatic carbocycles.